The molecule has 1 aromatic carbocycles. The summed E-state index contributed by atoms with van der Waals surface area (Å²) in [7, 11) is -3.52. The number of aromatic nitrogens is 3. The van der Waals surface area contributed by atoms with E-state index >= 15 is 0 Å². The van der Waals surface area contributed by atoms with Gasteiger partial charge in [-0.15, -0.1) is 5.10 Å². The zero-order chi connectivity index (χ0) is 20.9. The van der Waals surface area contributed by atoms with E-state index in [-0.39, 0.29) is 18.5 Å². The summed E-state index contributed by atoms with van der Waals surface area (Å²) in [5.74, 6) is 0.245. The van der Waals surface area contributed by atoms with Crippen LogP contribution >= 0.6 is 0 Å². The third-order valence-electron chi connectivity index (χ3n) is 5.15. The second kappa shape index (κ2) is 9.80. The van der Waals surface area contributed by atoms with E-state index in [1.165, 1.54) is 0 Å². The van der Waals surface area contributed by atoms with Gasteiger partial charge in [0, 0.05) is 12.7 Å². The molecule has 0 amide bonds. The lowest BCUT2D eigenvalue weighted by Crippen LogP contribution is -2.51. The summed E-state index contributed by atoms with van der Waals surface area (Å²) in [6, 6.07) is 8.62. The van der Waals surface area contributed by atoms with Crippen LogP contribution in [0.1, 0.15) is 50.3 Å². The number of sulfonamides is 1. The number of ether oxygens (including phenoxy) is 1. The Morgan fingerprint density at radius 2 is 2.03 bits per heavy atom. The summed E-state index contributed by atoms with van der Waals surface area (Å²) >= 11 is 0. The van der Waals surface area contributed by atoms with Crippen LogP contribution in [0.4, 0.5) is 0 Å². The number of rotatable bonds is 9. The Balaban J connectivity index is 1.52. The molecule has 3 atom stereocenters. The number of nitrogens with one attached hydrogen (secondary N) is 1. The van der Waals surface area contributed by atoms with E-state index in [9.17, 15) is 13.5 Å². The first kappa shape index (κ1) is 21.9. The summed E-state index contributed by atoms with van der Waals surface area (Å²) in [6.45, 7) is 4.59. The molecule has 0 spiro atoms. The first-order valence-corrected chi connectivity index (χ1v) is 11.7. The number of hydrogen-bond acceptors (Lipinski definition) is 6. The number of aliphatic hydroxyl groups excluding tert-OH is 1. The van der Waals surface area contributed by atoms with Crippen LogP contribution in [0.15, 0.2) is 36.5 Å². The van der Waals surface area contributed by atoms with Crippen molar-refractivity contribution >= 4 is 10.0 Å². The van der Waals surface area contributed by atoms with Crippen molar-refractivity contribution in [1.29, 1.82) is 0 Å². The monoisotopic (exact) mass is 422 g/mol. The van der Waals surface area contributed by atoms with E-state index in [4.69, 9.17) is 4.74 Å². The van der Waals surface area contributed by atoms with Crippen molar-refractivity contribution < 1.29 is 18.3 Å². The van der Waals surface area contributed by atoms with E-state index in [0.717, 1.165) is 24.1 Å². The number of hydrogen-bond donors (Lipinski definition) is 2. The smallest absolute Gasteiger partial charge is 0.216 e. The zero-order valence-electron chi connectivity index (χ0n) is 16.9. The highest BCUT2D eigenvalue weighted by atomic mass is 32.2. The van der Waals surface area contributed by atoms with E-state index < -0.39 is 22.2 Å². The summed E-state index contributed by atoms with van der Waals surface area (Å²) in [6.07, 6.45) is 3.42. The molecule has 1 aliphatic rings. The molecule has 2 N–H and O–H groups in total. The van der Waals surface area contributed by atoms with E-state index in [1.807, 2.05) is 24.4 Å². The molecule has 9 heteroatoms. The van der Waals surface area contributed by atoms with Crippen LogP contribution in [0.2, 0.25) is 0 Å². The lowest BCUT2D eigenvalue weighted by Gasteiger charge is -2.36. The first-order chi connectivity index (χ1) is 13.9. The summed E-state index contributed by atoms with van der Waals surface area (Å²) < 4.78 is 35.5. The molecule has 1 fully saturated rings. The molecule has 0 aliphatic carbocycles. The molecule has 0 unspecified atom stereocenters. The SMILES string of the molecule is CC(C)c1cn(CC[C@H]2CC[C@H](NS(=O)(=O)Cc3ccccc3)[C@H](CO)O2)nn1. The van der Waals surface area contributed by atoms with Gasteiger partial charge in [0.15, 0.2) is 0 Å². The summed E-state index contributed by atoms with van der Waals surface area (Å²) in [4.78, 5) is 0. The maximum Gasteiger partial charge on any atom is 0.216 e. The standard InChI is InChI=1S/C20H30N4O4S/c1-15(2)19-12-24(23-21-19)11-10-17-8-9-18(20(13-25)28-17)22-29(26,27)14-16-6-4-3-5-7-16/h3-7,12,15,17-18,20,22,25H,8-11,13-14H2,1-2H3/t17-,18+,20+/m1/s1. The molecule has 2 heterocycles. The second-order valence-electron chi connectivity index (χ2n) is 7.88. The van der Waals surface area contributed by atoms with Gasteiger partial charge in [0.05, 0.1) is 36.3 Å². The minimum absolute atomic E-state index is 0.0475. The van der Waals surface area contributed by atoms with Gasteiger partial charge in [-0.1, -0.05) is 49.4 Å². The highest BCUT2D eigenvalue weighted by Crippen LogP contribution is 2.23. The van der Waals surface area contributed by atoms with E-state index in [2.05, 4.69) is 28.9 Å². The number of aliphatic hydroxyl groups is 1. The van der Waals surface area contributed by atoms with Gasteiger partial charge in [-0.2, -0.15) is 0 Å². The van der Waals surface area contributed by atoms with Gasteiger partial charge in [0.2, 0.25) is 10.0 Å². The fourth-order valence-corrected chi connectivity index (χ4v) is 4.95. The molecular formula is C20H30N4O4S. The molecule has 0 bridgehead atoms. The number of benzene rings is 1. The van der Waals surface area contributed by atoms with Crippen LogP contribution in [0, 0.1) is 0 Å². The Kier molecular flexibility index (Phi) is 7.39. The average Bonchev–Trinajstić information content (AvgIpc) is 3.17. The van der Waals surface area contributed by atoms with Crippen molar-refractivity contribution in [2.24, 2.45) is 0 Å². The van der Waals surface area contributed by atoms with Crippen molar-refractivity contribution in [3.8, 4) is 0 Å². The lowest BCUT2D eigenvalue weighted by atomic mass is 9.98. The normalized spacial score (nSPS) is 22.8. The van der Waals surface area contributed by atoms with Crippen LogP contribution in [0.25, 0.3) is 0 Å². The minimum Gasteiger partial charge on any atom is -0.394 e. The summed E-state index contributed by atoms with van der Waals surface area (Å²) in [5, 5.41) is 18.0. The van der Waals surface area contributed by atoms with Crippen molar-refractivity contribution in [3.63, 3.8) is 0 Å². The second-order valence-corrected chi connectivity index (χ2v) is 9.63. The first-order valence-electron chi connectivity index (χ1n) is 10.1. The fourth-order valence-electron chi connectivity index (χ4n) is 3.51. The average molecular weight is 423 g/mol. The third kappa shape index (κ3) is 6.33. The highest BCUT2D eigenvalue weighted by Gasteiger charge is 2.33. The van der Waals surface area contributed by atoms with Gasteiger partial charge in [0.25, 0.3) is 0 Å². The number of nitrogens with zero attached hydrogens (tertiary/aromatic N) is 3. The Bertz CT molecular complexity index is 870. The number of aryl methyl sites for hydroxylation is 1. The van der Waals surface area contributed by atoms with Gasteiger partial charge in [-0.3, -0.25) is 4.68 Å². The maximum absolute atomic E-state index is 12.5. The molecule has 1 saturated heterocycles. The molecule has 1 aliphatic heterocycles. The largest absolute Gasteiger partial charge is 0.394 e. The summed E-state index contributed by atoms with van der Waals surface area (Å²) in [5.41, 5.74) is 1.68. The van der Waals surface area contributed by atoms with Crippen molar-refractivity contribution in [3.05, 3.63) is 47.8 Å². The Hall–Kier alpha value is -1.81. The molecule has 29 heavy (non-hydrogen) atoms. The molecule has 0 saturated carbocycles. The maximum atomic E-state index is 12.5. The van der Waals surface area contributed by atoms with E-state index in [1.54, 1.807) is 16.8 Å². The highest BCUT2D eigenvalue weighted by molar-refractivity contribution is 7.88. The van der Waals surface area contributed by atoms with Gasteiger partial charge < -0.3 is 9.84 Å². The van der Waals surface area contributed by atoms with Crippen LogP contribution in [-0.2, 0) is 27.1 Å². The molecule has 0 radical (unpaired) electrons. The predicted molar refractivity (Wildman–Crippen MR) is 110 cm³/mol. The van der Waals surface area contributed by atoms with Crippen LogP contribution in [0.3, 0.4) is 0 Å². The van der Waals surface area contributed by atoms with Crippen molar-refractivity contribution in [2.45, 2.75) is 69.6 Å². The van der Waals surface area contributed by atoms with Crippen LogP contribution in [0.5, 0.6) is 0 Å². The van der Waals surface area contributed by atoms with Crippen molar-refractivity contribution in [1.82, 2.24) is 19.7 Å². The van der Waals surface area contributed by atoms with Gasteiger partial charge in [-0.05, 0) is 30.7 Å². The lowest BCUT2D eigenvalue weighted by molar-refractivity contribution is -0.0891. The van der Waals surface area contributed by atoms with Gasteiger partial charge in [0.1, 0.15) is 0 Å². The molecular weight excluding hydrogens is 392 g/mol. The molecule has 1 aromatic heterocycles. The quantitative estimate of drug-likeness (QED) is 0.638. The van der Waals surface area contributed by atoms with E-state index in [0.29, 0.717) is 18.9 Å². The molecule has 2 aromatic rings. The Morgan fingerprint density at radius 1 is 1.28 bits per heavy atom. The van der Waals surface area contributed by atoms with Crippen LogP contribution in [-0.4, -0.2) is 53.4 Å². The fraction of sp³-hybridized carbons (Fsp3) is 0.600. The molecule has 3 rings (SSSR count). The molecule has 8 nitrogen and oxygen atoms in total. The third-order valence-corrected chi connectivity index (χ3v) is 6.53. The zero-order valence-corrected chi connectivity index (χ0v) is 17.8. The molecule has 160 valence electrons. The van der Waals surface area contributed by atoms with Gasteiger partial charge >= 0.3 is 0 Å². The van der Waals surface area contributed by atoms with Crippen LogP contribution < -0.4 is 4.72 Å². The Labute approximate surface area is 172 Å². The topological polar surface area (TPSA) is 106 Å². The Morgan fingerprint density at radius 3 is 2.69 bits per heavy atom. The van der Waals surface area contributed by atoms with Gasteiger partial charge in [-0.25, -0.2) is 13.1 Å². The minimum atomic E-state index is -3.52. The van der Waals surface area contributed by atoms with Crippen molar-refractivity contribution in [2.75, 3.05) is 6.61 Å². The predicted octanol–water partition coefficient (Wildman–Crippen LogP) is 1.82.